The minimum atomic E-state index is -4.56. The second-order valence-electron chi connectivity index (χ2n) is 8.59. The number of fused-ring (bicyclic) bond motifs is 1. The Bertz CT molecular complexity index is 1350. The minimum absolute atomic E-state index is 0.155. The van der Waals surface area contributed by atoms with Gasteiger partial charge in [-0.25, -0.2) is 4.98 Å². The molecule has 2 aromatic carbocycles. The molecule has 1 aliphatic rings. The first-order valence-electron chi connectivity index (χ1n) is 11.2. The third-order valence-electron chi connectivity index (χ3n) is 6.01. The van der Waals surface area contributed by atoms with Crippen LogP contribution in [0.15, 0.2) is 65.4 Å². The van der Waals surface area contributed by atoms with Gasteiger partial charge in [-0.2, -0.15) is 18.2 Å². The molecule has 2 aromatic heterocycles. The molecule has 4 aromatic rings. The van der Waals surface area contributed by atoms with Crippen molar-refractivity contribution in [3.8, 4) is 11.4 Å². The zero-order chi connectivity index (χ0) is 24.6. The van der Waals surface area contributed by atoms with Crippen LogP contribution in [0.25, 0.3) is 16.7 Å². The Kier molecular flexibility index (Phi) is 6.41. The molecule has 182 valence electrons. The van der Waals surface area contributed by atoms with E-state index < -0.39 is 11.7 Å². The van der Waals surface area contributed by atoms with Crippen LogP contribution in [0.2, 0.25) is 0 Å². The maximum absolute atomic E-state index is 13.9. The molecule has 1 saturated heterocycles. The van der Waals surface area contributed by atoms with Gasteiger partial charge in [-0.15, -0.1) is 0 Å². The van der Waals surface area contributed by atoms with E-state index in [1.54, 1.807) is 12.3 Å². The minimum Gasteiger partial charge on any atom is -0.490 e. The molecule has 0 atom stereocenters. The molecule has 0 unspecified atom stereocenters. The second-order valence-corrected chi connectivity index (χ2v) is 9.51. The molecule has 0 bridgehead atoms. The van der Waals surface area contributed by atoms with Crippen LogP contribution in [0.5, 0.6) is 5.75 Å². The largest absolute Gasteiger partial charge is 0.490 e. The number of halogens is 4. The maximum atomic E-state index is 13.9. The van der Waals surface area contributed by atoms with E-state index >= 15 is 0 Å². The first kappa shape index (κ1) is 23.6. The number of piperidine rings is 1. The Labute approximate surface area is 208 Å². The Balaban J connectivity index is 1.42. The number of alkyl halides is 3. The average Bonchev–Trinajstić information content (AvgIpc) is 3.24. The van der Waals surface area contributed by atoms with Crippen molar-refractivity contribution in [2.45, 2.75) is 25.1 Å². The van der Waals surface area contributed by atoms with E-state index in [0.29, 0.717) is 18.5 Å². The second kappa shape index (κ2) is 9.50. The topological polar surface area (TPSA) is 55.2 Å². The van der Waals surface area contributed by atoms with Crippen LogP contribution in [0.4, 0.5) is 24.8 Å². The van der Waals surface area contributed by atoms with Gasteiger partial charge in [-0.1, -0.05) is 22.0 Å². The SMILES string of the molecule is CN1CCC(Oc2ccc(Nc3ncc4ccn(-c5cccc(Br)c5)c4n3)cc2C(F)(F)F)CC1. The zero-order valence-corrected chi connectivity index (χ0v) is 20.5. The molecule has 0 spiro atoms. The van der Waals surface area contributed by atoms with Gasteiger partial charge in [0.05, 0.1) is 5.56 Å². The summed E-state index contributed by atoms with van der Waals surface area (Å²) in [4.78, 5) is 11.0. The van der Waals surface area contributed by atoms with Gasteiger partial charge in [0, 0.05) is 46.7 Å². The smallest absolute Gasteiger partial charge is 0.420 e. The normalized spacial score (nSPS) is 15.5. The summed E-state index contributed by atoms with van der Waals surface area (Å²) >= 11 is 3.47. The Morgan fingerprint density at radius 3 is 2.63 bits per heavy atom. The van der Waals surface area contributed by atoms with E-state index in [9.17, 15) is 13.2 Å². The number of rotatable bonds is 5. The first-order valence-corrected chi connectivity index (χ1v) is 12.0. The number of hydrogen-bond donors (Lipinski definition) is 1. The average molecular weight is 546 g/mol. The summed E-state index contributed by atoms with van der Waals surface area (Å²) in [6.45, 7) is 1.60. The van der Waals surface area contributed by atoms with Gasteiger partial charge in [0.15, 0.2) is 0 Å². The van der Waals surface area contributed by atoms with Gasteiger partial charge in [0.25, 0.3) is 0 Å². The van der Waals surface area contributed by atoms with Gasteiger partial charge in [0.2, 0.25) is 5.95 Å². The highest BCUT2D eigenvalue weighted by molar-refractivity contribution is 9.10. The molecule has 0 radical (unpaired) electrons. The fourth-order valence-corrected chi connectivity index (χ4v) is 4.54. The third kappa shape index (κ3) is 5.28. The van der Waals surface area contributed by atoms with Crippen molar-refractivity contribution in [1.82, 2.24) is 19.4 Å². The van der Waals surface area contributed by atoms with E-state index in [1.165, 1.54) is 6.07 Å². The summed E-state index contributed by atoms with van der Waals surface area (Å²) in [7, 11) is 1.99. The van der Waals surface area contributed by atoms with Crippen molar-refractivity contribution in [2.75, 3.05) is 25.5 Å². The van der Waals surface area contributed by atoms with Crippen molar-refractivity contribution in [1.29, 1.82) is 0 Å². The van der Waals surface area contributed by atoms with E-state index in [2.05, 4.69) is 36.1 Å². The lowest BCUT2D eigenvalue weighted by Crippen LogP contribution is -2.36. The van der Waals surface area contributed by atoms with Crippen LogP contribution in [-0.4, -0.2) is 45.7 Å². The number of ether oxygens (including phenoxy) is 1. The Hall–Kier alpha value is -3.11. The molecule has 1 fully saturated rings. The highest BCUT2D eigenvalue weighted by Gasteiger charge is 2.35. The lowest BCUT2D eigenvalue weighted by molar-refractivity contribution is -0.139. The molecule has 5 rings (SSSR count). The number of anilines is 2. The van der Waals surface area contributed by atoms with E-state index in [1.807, 2.05) is 48.1 Å². The van der Waals surface area contributed by atoms with Crippen LogP contribution < -0.4 is 10.1 Å². The fraction of sp³-hybridized carbons (Fsp3) is 0.280. The van der Waals surface area contributed by atoms with E-state index in [0.717, 1.165) is 34.7 Å². The van der Waals surface area contributed by atoms with Crippen molar-refractivity contribution in [3.05, 3.63) is 71.0 Å². The maximum Gasteiger partial charge on any atom is 0.420 e. The van der Waals surface area contributed by atoms with Crippen molar-refractivity contribution >= 4 is 38.6 Å². The lowest BCUT2D eigenvalue weighted by atomic mass is 10.1. The molecule has 6 nitrogen and oxygen atoms in total. The standard InChI is InChI=1S/C25H23BrF3N5O/c1-33-10-8-20(9-11-33)35-22-6-5-18(14-21(22)25(27,28)29)31-24-30-15-16-7-12-34(23(16)32-24)19-4-2-3-17(26)13-19/h2-7,12-15,20H,8-11H2,1H3,(H,30,31,32). The number of hydrogen-bond acceptors (Lipinski definition) is 5. The summed E-state index contributed by atoms with van der Waals surface area (Å²) in [5.74, 6) is 0.0436. The Morgan fingerprint density at radius 1 is 1.09 bits per heavy atom. The molecule has 1 aliphatic heterocycles. The van der Waals surface area contributed by atoms with Crippen molar-refractivity contribution in [2.24, 2.45) is 0 Å². The number of nitrogens with zero attached hydrogens (tertiary/aromatic N) is 4. The first-order chi connectivity index (χ1) is 16.8. The predicted octanol–water partition coefficient (Wildman–Crippen LogP) is 6.42. The number of nitrogens with one attached hydrogen (secondary N) is 1. The summed E-state index contributed by atoms with van der Waals surface area (Å²) in [5, 5.41) is 3.73. The third-order valence-corrected chi connectivity index (χ3v) is 6.51. The van der Waals surface area contributed by atoms with E-state index in [-0.39, 0.29) is 23.5 Å². The van der Waals surface area contributed by atoms with Gasteiger partial charge >= 0.3 is 6.18 Å². The van der Waals surface area contributed by atoms with Crippen LogP contribution in [0.1, 0.15) is 18.4 Å². The molecular formula is C25H23BrF3N5O. The molecule has 3 heterocycles. The Morgan fingerprint density at radius 2 is 1.89 bits per heavy atom. The predicted molar refractivity (Wildman–Crippen MR) is 132 cm³/mol. The van der Waals surface area contributed by atoms with Crippen LogP contribution in [0.3, 0.4) is 0 Å². The van der Waals surface area contributed by atoms with Gasteiger partial charge in [-0.05, 0) is 62.4 Å². The van der Waals surface area contributed by atoms with Gasteiger partial charge in [-0.3, -0.25) is 0 Å². The summed E-state index contributed by atoms with van der Waals surface area (Å²) in [5.41, 5.74) is 0.945. The quantitative estimate of drug-likeness (QED) is 0.313. The number of benzene rings is 2. The molecular weight excluding hydrogens is 523 g/mol. The van der Waals surface area contributed by atoms with Crippen molar-refractivity contribution in [3.63, 3.8) is 0 Å². The highest BCUT2D eigenvalue weighted by atomic mass is 79.9. The molecule has 1 N–H and O–H groups in total. The van der Waals surface area contributed by atoms with Gasteiger partial charge in [0.1, 0.15) is 17.5 Å². The molecule has 0 aliphatic carbocycles. The number of aromatic nitrogens is 3. The highest BCUT2D eigenvalue weighted by Crippen LogP contribution is 2.39. The molecule has 10 heteroatoms. The lowest BCUT2D eigenvalue weighted by Gasteiger charge is -2.30. The molecule has 0 saturated carbocycles. The fourth-order valence-electron chi connectivity index (χ4n) is 4.16. The van der Waals surface area contributed by atoms with Crippen LogP contribution >= 0.6 is 15.9 Å². The summed E-state index contributed by atoms with van der Waals surface area (Å²) in [6, 6.07) is 13.6. The van der Waals surface area contributed by atoms with Crippen LogP contribution in [-0.2, 0) is 6.18 Å². The molecule has 35 heavy (non-hydrogen) atoms. The van der Waals surface area contributed by atoms with Crippen molar-refractivity contribution < 1.29 is 17.9 Å². The molecule has 0 amide bonds. The summed E-state index contributed by atoms with van der Waals surface area (Å²) in [6.07, 6.45) is 0.114. The zero-order valence-electron chi connectivity index (χ0n) is 18.9. The number of likely N-dealkylation sites (tertiary alicyclic amines) is 1. The van der Waals surface area contributed by atoms with E-state index in [4.69, 9.17) is 4.74 Å². The monoisotopic (exact) mass is 545 g/mol. The summed E-state index contributed by atoms with van der Waals surface area (Å²) < 4.78 is 50.2. The van der Waals surface area contributed by atoms with Crippen LogP contribution in [0, 0.1) is 0 Å². The van der Waals surface area contributed by atoms with Gasteiger partial charge < -0.3 is 19.5 Å².